The van der Waals surface area contributed by atoms with Crippen molar-refractivity contribution in [1.29, 1.82) is 0 Å². The number of thiocarbonyl (C=S) groups is 1. The fraction of sp³-hybridized carbons (Fsp3) is 0.143. The summed E-state index contributed by atoms with van der Waals surface area (Å²) in [4.78, 5) is 12.4. The summed E-state index contributed by atoms with van der Waals surface area (Å²) in [7, 11) is 0. The summed E-state index contributed by atoms with van der Waals surface area (Å²) in [6.45, 7) is 3.91. The lowest BCUT2D eigenvalue weighted by Crippen LogP contribution is -2.43. The monoisotopic (exact) mass is 339 g/mol. The topological polar surface area (TPSA) is 53.2 Å². The quantitative estimate of drug-likeness (QED) is 0.577. The number of carbonyl (C=O) groups excluding carboxylic acids is 1. The van der Waals surface area contributed by atoms with Gasteiger partial charge >= 0.3 is 0 Å². The molecule has 0 radical (unpaired) electrons. The molecule has 110 valence electrons. The summed E-state index contributed by atoms with van der Waals surface area (Å²) >= 11 is 12.7. The maximum absolute atomic E-state index is 11.8. The van der Waals surface area contributed by atoms with Crippen molar-refractivity contribution in [3.05, 3.63) is 50.7 Å². The molecule has 0 spiro atoms. The van der Waals surface area contributed by atoms with Gasteiger partial charge in [0.1, 0.15) is 0 Å². The van der Waals surface area contributed by atoms with Gasteiger partial charge in [-0.3, -0.25) is 15.6 Å². The second-order valence-corrected chi connectivity index (χ2v) is 6.21. The molecule has 7 heteroatoms. The Kier molecular flexibility index (Phi) is 5.17. The minimum absolute atomic E-state index is 0.235. The van der Waals surface area contributed by atoms with Gasteiger partial charge in [-0.05, 0) is 54.7 Å². The summed E-state index contributed by atoms with van der Waals surface area (Å²) in [5, 5.41) is 5.67. The predicted octanol–water partition coefficient (Wildman–Crippen LogP) is 3.65. The van der Waals surface area contributed by atoms with Crippen LogP contribution in [0.15, 0.2) is 29.6 Å². The number of carbonyl (C=O) groups is 1. The minimum Gasteiger partial charge on any atom is -0.330 e. The molecule has 1 amide bonds. The van der Waals surface area contributed by atoms with Gasteiger partial charge in [0.2, 0.25) is 0 Å². The molecule has 0 aliphatic carbocycles. The van der Waals surface area contributed by atoms with Gasteiger partial charge < -0.3 is 5.32 Å². The maximum atomic E-state index is 11.8. The third-order valence-corrected chi connectivity index (χ3v) is 4.08. The number of hydrazine groups is 1. The van der Waals surface area contributed by atoms with Gasteiger partial charge in [0.05, 0.1) is 15.6 Å². The van der Waals surface area contributed by atoms with Crippen LogP contribution in [0, 0.1) is 13.8 Å². The molecule has 0 saturated heterocycles. The summed E-state index contributed by atoms with van der Waals surface area (Å²) in [5.74, 6) is -0.235. The van der Waals surface area contributed by atoms with Crippen LogP contribution in [-0.4, -0.2) is 11.0 Å². The van der Waals surface area contributed by atoms with Gasteiger partial charge in [-0.1, -0.05) is 23.7 Å². The highest BCUT2D eigenvalue weighted by Crippen LogP contribution is 2.27. The predicted molar refractivity (Wildman–Crippen MR) is 92.1 cm³/mol. The fourth-order valence-electron chi connectivity index (χ4n) is 1.80. The van der Waals surface area contributed by atoms with Crippen molar-refractivity contribution < 1.29 is 4.79 Å². The molecule has 1 aromatic heterocycles. The Morgan fingerprint density at radius 1 is 1.29 bits per heavy atom. The van der Waals surface area contributed by atoms with E-state index in [1.807, 2.05) is 37.4 Å². The molecule has 0 unspecified atom stereocenters. The van der Waals surface area contributed by atoms with Crippen LogP contribution in [0.2, 0.25) is 5.02 Å². The summed E-state index contributed by atoms with van der Waals surface area (Å²) in [6, 6.07) is 7.40. The van der Waals surface area contributed by atoms with Crippen LogP contribution in [0.4, 0.5) is 5.69 Å². The molecule has 2 aromatic rings. The van der Waals surface area contributed by atoms with E-state index >= 15 is 0 Å². The Balaban J connectivity index is 1.95. The van der Waals surface area contributed by atoms with Crippen molar-refractivity contribution in [3.63, 3.8) is 0 Å². The Hall–Kier alpha value is -1.63. The van der Waals surface area contributed by atoms with Crippen molar-refractivity contribution in [1.82, 2.24) is 10.9 Å². The second-order valence-electron chi connectivity index (χ2n) is 4.45. The van der Waals surface area contributed by atoms with Crippen LogP contribution in [-0.2, 0) is 0 Å². The molecule has 0 saturated carbocycles. The van der Waals surface area contributed by atoms with E-state index in [2.05, 4.69) is 16.2 Å². The van der Waals surface area contributed by atoms with Crippen molar-refractivity contribution in [3.8, 4) is 0 Å². The van der Waals surface area contributed by atoms with Crippen molar-refractivity contribution in [2.75, 3.05) is 5.32 Å². The lowest BCUT2D eigenvalue weighted by molar-refractivity contribution is 0.0948. The largest absolute Gasteiger partial charge is 0.330 e. The van der Waals surface area contributed by atoms with E-state index < -0.39 is 0 Å². The first-order chi connectivity index (χ1) is 9.97. The highest BCUT2D eigenvalue weighted by molar-refractivity contribution is 7.80. The third-order valence-electron chi connectivity index (χ3n) is 2.70. The van der Waals surface area contributed by atoms with E-state index in [9.17, 15) is 4.79 Å². The van der Waals surface area contributed by atoms with Crippen LogP contribution in [0.3, 0.4) is 0 Å². The number of amides is 1. The van der Waals surface area contributed by atoms with Gasteiger partial charge in [0.25, 0.3) is 5.91 Å². The van der Waals surface area contributed by atoms with Crippen LogP contribution in [0.5, 0.6) is 0 Å². The highest BCUT2D eigenvalue weighted by atomic mass is 35.5. The number of aryl methyl sites for hydroxylation is 2. The molecule has 1 aromatic carbocycles. The fourth-order valence-corrected chi connectivity index (χ4v) is 2.94. The number of rotatable bonds is 2. The molecular weight excluding hydrogens is 326 g/mol. The van der Waals surface area contributed by atoms with E-state index in [0.29, 0.717) is 9.90 Å². The average Bonchev–Trinajstić information content (AvgIpc) is 2.94. The number of anilines is 1. The SMILES string of the molecule is Cc1cc(C)c(NC(=S)NNC(=O)c2cccs2)c(Cl)c1. The molecule has 0 bridgehead atoms. The van der Waals surface area contributed by atoms with Crippen LogP contribution >= 0.6 is 35.2 Å². The maximum Gasteiger partial charge on any atom is 0.279 e. The normalized spacial score (nSPS) is 10.0. The lowest BCUT2D eigenvalue weighted by atomic mass is 10.1. The summed E-state index contributed by atoms with van der Waals surface area (Å²) < 4.78 is 0. The van der Waals surface area contributed by atoms with Crippen molar-refractivity contribution >= 4 is 51.9 Å². The number of hydrogen-bond donors (Lipinski definition) is 3. The molecule has 2 rings (SSSR count). The second kappa shape index (κ2) is 6.89. The van der Waals surface area contributed by atoms with E-state index in [0.717, 1.165) is 16.8 Å². The number of thiophene rings is 1. The molecule has 21 heavy (non-hydrogen) atoms. The molecule has 0 aliphatic rings. The Bertz CT molecular complexity index is 648. The third kappa shape index (κ3) is 4.17. The smallest absolute Gasteiger partial charge is 0.279 e. The molecule has 3 N–H and O–H groups in total. The van der Waals surface area contributed by atoms with Crippen molar-refractivity contribution in [2.24, 2.45) is 0 Å². The van der Waals surface area contributed by atoms with E-state index in [4.69, 9.17) is 23.8 Å². The molecular formula is C14H14ClN3OS2. The van der Waals surface area contributed by atoms with Crippen molar-refractivity contribution in [2.45, 2.75) is 13.8 Å². The molecule has 0 fully saturated rings. The Labute approximate surface area is 137 Å². The lowest BCUT2D eigenvalue weighted by Gasteiger charge is -2.14. The summed E-state index contributed by atoms with van der Waals surface area (Å²) in [5.41, 5.74) is 7.97. The van der Waals surface area contributed by atoms with Gasteiger partial charge in [0, 0.05) is 0 Å². The van der Waals surface area contributed by atoms with Crippen LogP contribution in [0.1, 0.15) is 20.8 Å². The zero-order valence-corrected chi connectivity index (χ0v) is 13.9. The van der Waals surface area contributed by atoms with Gasteiger partial charge in [-0.2, -0.15) is 0 Å². The molecule has 0 atom stereocenters. The minimum atomic E-state index is -0.235. The first-order valence-corrected chi connectivity index (χ1v) is 7.81. The van der Waals surface area contributed by atoms with Crippen LogP contribution in [0.25, 0.3) is 0 Å². The number of hydrogen-bond acceptors (Lipinski definition) is 3. The standard InChI is InChI=1S/C14H14ClN3OS2/c1-8-6-9(2)12(10(15)7-8)16-14(20)18-17-13(19)11-4-3-5-21-11/h3-7H,1-2H3,(H,17,19)(H2,16,18,20). The van der Waals surface area contributed by atoms with E-state index in [1.54, 1.807) is 6.07 Å². The Morgan fingerprint density at radius 3 is 2.67 bits per heavy atom. The van der Waals surface area contributed by atoms with Gasteiger partial charge in [-0.15, -0.1) is 11.3 Å². The number of halogens is 1. The first-order valence-electron chi connectivity index (χ1n) is 6.15. The summed E-state index contributed by atoms with van der Waals surface area (Å²) in [6.07, 6.45) is 0. The molecule has 4 nitrogen and oxygen atoms in total. The number of benzene rings is 1. The zero-order chi connectivity index (χ0) is 15.4. The van der Waals surface area contributed by atoms with Crippen LogP contribution < -0.4 is 16.2 Å². The number of nitrogens with one attached hydrogen (secondary N) is 3. The zero-order valence-electron chi connectivity index (χ0n) is 11.5. The molecule has 1 heterocycles. The average molecular weight is 340 g/mol. The van der Waals surface area contributed by atoms with Gasteiger partial charge in [0.15, 0.2) is 5.11 Å². The van der Waals surface area contributed by atoms with Gasteiger partial charge in [-0.25, -0.2) is 0 Å². The first kappa shape index (κ1) is 15.8. The Morgan fingerprint density at radius 2 is 2.05 bits per heavy atom. The van der Waals surface area contributed by atoms with E-state index in [1.165, 1.54) is 11.3 Å². The van der Waals surface area contributed by atoms with E-state index in [-0.39, 0.29) is 11.0 Å². The highest BCUT2D eigenvalue weighted by Gasteiger charge is 2.09. The molecule has 0 aliphatic heterocycles.